The van der Waals surface area contributed by atoms with E-state index in [2.05, 4.69) is 5.10 Å². The van der Waals surface area contributed by atoms with E-state index in [9.17, 15) is 19.3 Å². The minimum Gasteiger partial charge on any atom is -0.295 e. The van der Waals surface area contributed by atoms with Crippen molar-refractivity contribution in [2.75, 3.05) is 0 Å². The fourth-order valence-electron chi connectivity index (χ4n) is 1.46. The molecule has 0 saturated carbocycles. The van der Waals surface area contributed by atoms with Crippen molar-refractivity contribution in [1.82, 2.24) is 9.78 Å². The quantitative estimate of drug-likeness (QED) is 0.633. The molecular formula is C10H8FN3O3. The lowest BCUT2D eigenvalue weighted by atomic mass is 10.1. The maximum atomic E-state index is 13.6. The Bertz CT molecular complexity index is 644. The first-order chi connectivity index (χ1) is 7.99. The molecule has 0 fully saturated rings. The van der Waals surface area contributed by atoms with Gasteiger partial charge in [-0.2, -0.15) is 0 Å². The van der Waals surface area contributed by atoms with Gasteiger partial charge in [0.25, 0.3) is 11.2 Å². The molecule has 0 aliphatic heterocycles. The number of rotatable bonds is 2. The molecule has 2 rings (SSSR count). The lowest BCUT2D eigenvalue weighted by Gasteiger charge is -2.00. The first-order valence-corrected chi connectivity index (χ1v) is 4.69. The van der Waals surface area contributed by atoms with Crippen LogP contribution in [0.2, 0.25) is 0 Å². The summed E-state index contributed by atoms with van der Waals surface area (Å²) in [5.74, 6) is -0.749. The summed E-state index contributed by atoms with van der Waals surface area (Å²) in [7, 11) is 1.50. The standard InChI is InChI=1S/C10H8FN3O3/c1-13-10(15)5-9(12-13)7-3-2-6(14(16)17)4-8(7)11/h2-5,12H,1H3. The van der Waals surface area contributed by atoms with E-state index in [-0.39, 0.29) is 22.5 Å². The number of hydrogen-bond acceptors (Lipinski definition) is 3. The fourth-order valence-corrected chi connectivity index (χ4v) is 1.46. The second-order valence-electron chi connectivity index (χ2n) is 3.49. The highest BCUT2D eigenvalue weighted by molar-refractivity contribution is 5.61. The maximum absolute atomic E-state index is 13.6. The average molecular weight is 237 g/mol. The SMILES string of the molecule is Cn1[nH]c(-c2ccc([N+](=O)[O-])cc2F)cc1=O. The lowest BCUT2D eigenvalue weighted by molar-refractivity contribution is -0.385. The Hall–Kier alpha value is -2.44. The largest absolute Gasteiger partial charge is 0.295 e. The van der Waals surface area contributed by atoms with Crippen molar-refractivity contribution in [1.29, 1.82) is 0 Å². The Labute approximate surface area is 94.4 Å². The predicted molar refractivity (Wildman–Crippen MR) is 58.1 cm³/mol. The minimum atomic E-state index is -0.749. The van der Waals surface area contributed by atoms with Crippen molar-refractivity contribution in [2.45, 2.75) is 0 Å². The molecule has 1 aromatic heterocycles. The van der Waals surface area contributed by atoms with E-state index in [4.69, 9.17) is 0 Å². The van der Waals surface area contributed by atoms with Gasteiger partial charge in [0, 0.05) is 24.7 Å². The molecule has 0 saturated heterocycles. The molecule has 6 nitrogen and oxygen atoms in total. The molecule has 88 valence electrons. The van der Waals surface area contributed by atoms with Gasteiger partial charge in [-0.25, -0.2) is 4.39 Å². The summed E-state index contributed by atoms with van der Waals surface area (Å²) in [4.78, 5) is 21.0. The molecule has 17 heavy (non-hydrogen) atoms. The van der Waals surface area contributed by atoms with E-state index in [0.29, 0.717) is 0 Å². The molecule has 1 aromatic carbocycles. The number of hydrogen-bond donors (Lipinski definition) is 1. The molecule has 0 amide bonds. The molecule has 0 atom stereocenters. The van der Waals surface area contributed by atoms with Crippen molar-refractivity contribution in [2.24, 2.45) is 7.05 Å². The van der Waals surface area contributed by atoms with Crippen LogP contribution < -0.4 is 5.56 Å². The van der Waals surface area contributed by atoms with Crippen molar-refractivity contribution >= 4 is 5.69 Å². The Kier molecular flexibility index (Phi) is 2.51. The number of nitrogens with zero attached hydrogens (tertiary/aromatic N) is 2. The molecule has 0 aliphatic rings. The highest BCUT2D eigenvalue weighted by Crippen LogP contribution is 2.23. The van der Waals surface area contributed by atoms with Gasteiger partial charge in [0.1, 0.15) is 5.82 Å². The number of aromatic nitrogens is 2. The number of halogens is 1. The third-order valence-electron chi connectivity index (χ3n) is 2.34. The lowest BCUT2D eigenvalue weighted by Crippen LogP contribution is -2.09. The van der Waals surface area contributed by atoms with Gasteiger partial charge in [0.2, 0.25) is 0 Å². The zero-order valence-corrected chi connectivity index (χ0v) is 8.81. The molecule has 0 aliphatic carbocycles. The van der Waals surface area contributed by atoms with Gasteiger partial charge in [0.15, 0.2) is 0 Å². The van der Waals surface area contributed by atoms with Crippen molar-refractivity contribution in [3.05, 3.63) is 50.6 Å². The number of nitrogens with one attached hydrogen (secondary N) is 1. The van der Waals surface area contributed by atoms with Gasteiger partial charge < -0.3 is 0 Å². The van der Waals surface area contributed by atoms with E-state index in [1.165, 1.54) is 29.9 Å². The van der Waals surface area contributed by atoms with Crippen molar-refractivity contribution < 1.29 is 9.31 Å². The number of H-pyrrole nitrogens is 1. The molecule has 1 N–H and O–H groups in total. The van der Waals surface area contributed by atoms with Crippen LogP contribution in [0.5, 0.6) is 0 Å². The third-order valence-corrected chi connectivity index (χ3v) is 2.34. The average Bonchev–Trinajstić information content (AvgIpc) is 2.58. The van der Waals surface area contributed by atoms with E-state index >= 15 is 0 Å². The number of nitro benzene ring substituents is 1. The van der Waals surface area contributed by atoms with Gasteiger partial charge in [-0.05, 0) is 6.07 Å². The highest BCUT2D eigenvalue weighted by Gasteiger charge is 2.13. The summed E-state index contributed by atoms with van der Waals surface area (Å²) in [6, 6.07) is 4.49. The minimum absolute atomic E-state index is 0.119. The topological polar surface area (TPSA) is 80.9 Å². The van der Waals surface area contributed by atoms with Gasteiger partial charge in [0.05, 0.1) is 16.7 Å². The number of benzene rings is 1. The van der Waals surface area contributed by atoms with Crippen LogP contribution in [0.1, 0.15) is 0 Å². The number of aryl methyl sites for hydroxylation is 1. The Morgan fingerprint density at radius 2 is 2.12 bits per heavy atom. The second-order valence-corrected chi connectivity index (χ2v) is 3.49. The van der Waals surface area contributed by atoms with Gasteiger partial charge in [-0.3, -0.25) is 24.7 Å². The number of non-ortho nitro benzene ring substituents is 1. The van der Waals surface area contributed by atoms with Crippen LogP contribution in [0.3, 0.4) is 0 Å². The first kappa shape index (κ1) is 11.1. The maximum Gasteiger partial charge on any atom is 0.272 e. The second kappa shape index (κ2) is 3.85. The normalized spacial score (nSPS) is 10.5. The first-order valence-electron chi connectivity index (χ1n) is 4.69. The predicted octanol–water partition coefficient (Wildman–Crippen LogP) is 1.43. The summed E-state index contributed by atoms with van der Waals surface area (Å²) in [6.45, 7) is 0. The zero-order chi connectivity index (χ0) is 12.6. The Morgan fingerprint density at radius 3 is 2.59 bits per heavy atom. The molecule has 7 heteroatoms. The Balaban J connectivity index is 2.53. The molecule has 1 heterocycles. The van der Waals surface area contributed by atoms with Crippen LogP contribution in [0.25, 0.3) is 11.3 Å². The fraction of sp³-hybridized carbons (Fsp3) is 0.100. The van der Waals surface area contributed by atoms with E-state index in [1.807, 2.05) is 0 Å². The zero-order valence-electron chi connectivity index (χ0n) is 8.81. The van der Waals surface area contributed by atoms with E-state index in [1.54, 1.807) is 0 Å². The van der Waals surface area contributed by atoms with Gasteiger partial charge in [-0.1, -0.05) is 0 Å². The molecule has 0 spiro atoms. The van der Waals surface area contributed by atoms with Crippen molar-refractivity contribution in [3.63, 3.8) is 0 Å². The Morgan fingerprint density at radius 1 is 1.41 bits per heavy atom. The number of nitro groups is 1. The molecular weight excluding hydrogens is 229 g/mol. The third kappa shape index (κ3) is 1.94. The summed E-state index contributed by atoms with van der Waals surface area (Å²) in [5, 5.41) is 13.1. The van der Waals surface area contributed by atoms with Gasteiger partial charge >= 0.3 is 0 Å². The van der Waals surface area contributed by atoms with Crippen LogP contribution in [-0.2, 0) is 7.05 Å². The van der Waals surface area contributed by atoms with E-state index in [0.717, 1.165) is 6.07 Å². The van der Waals surface area contributed by atoms with Crippen LogP contribution in [0.15, 0.2) is 29.1 Å². The monoisotopic (exact) mass is 237 g/mol. The molecule has 0 unspecified atom stereocenters. The van der Waals surface area contributed by atoms with Gasteiger partial charge in [-0.15, -0.1) is 0 Å². The summed E-state index contributed by atoms with van der Waals surface area (Å²) in [6.07, 6.45) is 0. The summed E-state index contributed by atoms with van der Waals surface area (Å²) in [5.41, 5.74) is -0.236. The van der Waals surface area contributed by atoms with Crippen LogP contribution >= 0.6 is 0 Å². The molecule has 2 aromatic rings. The van der Waals surface area contributed by atoms with Crippen LogP contribution in [-0.4, -0.2) is 14.7 Å². The van der Waals surface area contributed by atoms with Crippen LogP contribution in [0.4, 0.5) is 10.1 Å². The smallest absolute Gasteiger partial charge is 0.272 e. The summed E-state index contributed by atoms with van der Waals surface area (Å²) >= 11 is 0. The molecule has 0 bridgehead atoms. The molecule has 0 radical (unpaired) electrons. The van der Waals surface area contributed by atoms with Crippen LogP contribution in [0, 0.1) is 15.9 Å². The highest BCUT2D eigenvalue weighted by atomic mass is 19.1. The van der Waals surface area contributed by atoms with Crippen molar-refractivity contribution in [3.8, 4) is 11.3 Å². The number of aromatic amines is 1. The van der Waals surface area contributed by atoms with E-state index < -0.39 is 10.7 Å². The summed E-state index contributed by atoms with van der Waals surface area (Å²) < 4.78 is 14.8.